The van der Waals surface area contributed by atoms with E-state index in [0.717, 1.165) is 6.54 Å². The molecule has 0 saturated heterocycles. The summed E-state index contributed by atoms with van der Waals surface area (Å²) in [6.45, 7) is 4.53. The van der Waals surface area contributed by atoms with E-state index in [4.69, 9.17) is 0 Å². The predicted octanol–water partition coefficient (Wildman–Crippen LogP) is 2.95. The quantitative estimate of drug-likeness (QED) is 0.676. The molecular formula is C14H17N. The Morgan fingerprint density at radius 3 is 3.13 bits per heavy atom. The lowest BCUT2D eigenvalue weighted by molar-refractivity contribution is 0.270. The average Bonchev–Trinajstić information content (AvgIpc) is 2.69. The highest BCUT2D eigenvalue weighted by molar-refractivity contribution is 5.34. The van der Waals surface area contributed by atoms with E-state index in [9.17, 15) is 0 Å². The fraction of sp³-hybridized carbons (Fsp3) is 0.357. The number of nitrogens with zero attached hydrogens (tertiary/aromatic N) is 1. The van der Waals surface area contributed by atoms with Crippen LogP contribution < -0.4 is 0 Å². The second kappa shape index (κ2) is 4.48. The van der Waals surface area contributed by atoms with Crippen LogP contribution in [0.5, 0.6) is 0 Å². The summed E-state index contributed by atoms with van der Waals surface area (Å²) in [4.78, 5) is 2.37. The molecule has 0 bridgehead atoms. The van der Waals surface area contributed by atoms with Crippen LogP contribution in [0, 0.1) is 0 Å². The molecule has 0 radical (unpaired) electrons. The maximum atomic E-state index is 3.60. The molecule has 0 amide bonds. The Balaban J connectivity index is 2.16. The Bertz CT molecular complexity index is 388. The van der Waals surface area contributed by atoms with Crippen molar-refractivity contribution in [2.75, 3.05) is 13.6 Å². The lowest BCUT2D eigenvalue weighted by atomic mass is 10.1. The van der Waals surface area contributed by atoms with E-state index in [1.807, 2.05) is 6.08 Å². The lowest BCUT2D eigenvalue weighted by Crippen LogP contribution is -2.22. The molecule has 0 aromatic heterocycles. The van der Waals surface area contributed by atoms with Gasteiger partial charge in [-0.15, -0.1) is 5.73 Å². The summed E-state index contributed by atoms with van der Waals surface area (Å²) in [5.41, 5.74) is 5.84. The van der Waals surface area contributed by atoms with Gasteiger partial charge in [-0.3, -0.25) is 4.90 Å². The van der Waals surface area contributed by atoms with Crippen LogP contribution >= 0.6 is 0 Å². The minimum atomic E-state index is 0.575. The minimum absolute atomic E-state index is 0.575. The Kier molecular flexibility index (Phi) is 3.05. The van der Waals surface area contributed by atoms with E-state index in [2.05, 4.69) is 48.5 Å². The maximum absolute atomic E-state index is 3.60. The molecule has 0 N–H and O–H groups in total. The molecule has 1 aromatic carbocycles. The van der Waals surface area contributed by atoms with Crippen LogP contribution in [0.1, 0.15) is 23.6 Å². The van der Waals surface area contributed by atoms with Crippen molar-refractivity contribution < 1.29 is 0 Å². The van der Waals surface area contributed by atoms with Gasteiger partial charge in [-0.1, -0.05) is 30.8 Å². The third-order valence-corrected chi connectivity index (χ3v) is 3.16. The molecule has 1 aromatic rings. The van der Waals surface area contributed by atoms with E-state index >= 15 is 0 Å². The normalized spacial score (nSPS) is 18.7. The van der Waals surface area contributed by atoms with Gasteiger partial charge in [0.1, 0.15) is 0 Å². The van der Waals surface area contributed by atoms with Crippen LogP contribution in [0.15, 0.2) is 42.7 Å². The summed E-state index contributed by atoms with van der Waals surface area (Å²) in [6, 6.07) is 9.33. The van der Waals surface area contributed by atoms with Gasteiger partial charge in [-0.25, -0.2) is 0 Å². The van der Waals surface area contributed by atoms with Gasteiger partial charge in [0.25, 0.3) is 0 Å². The van der Waals surface area contributed by atoms with Crippen LogP contribution in [-0.2, 0) is 6.42 Å². The fourth-order valence-corrected chi connectivity index (χ4v) is 2.33. The Labute approximate surface area is 91.7 Å². The van der Waals surface area contributed by atoms with Gasteiger partial charge in [-0.2, -0.15) is 0 Å². The van der Waals surface area contributed by atoms with Crippen LogP contribution in [0.3, 0.4) is 0 Å². The fourth-order valence-electron chi connectivity index (χ4n) is 2.33. The second-order valence-electron chi connectivity index (χ2n) is 4.10. The van der Waals surface area contributed by atoms with Crippen molar-refractivity contribution >= 4 is 0 Å². The molecule has 0 unspecified atom stereocenters. The Morgan fingerprint density at radius 2 is 2.33 bits per heavy atom. The summed E-state index contributed by atoms with van der Waals surface area (Å²) < 4.78 is 0. The molecule has 0 aliphatic heterocycles. The van der Waals surface area contributed by atoms with Crippen molar-refractivity contribution in [2.24, 2.45) is 0 Å². The smallest absolute Gasteiger partial charge is 0.0354 e. The van der Waals surface area contributed by atoms with E-state index in [1.165, 1.54) is 24.0 Å². The molecule has 15 heavy (non-hydrogen) atoms. The zero-order chi connectivity index (χ0) is 10.7. The number of hydrogen-bond donors (Lipinski definition) is 0. The van der Waals surface area contributed by atoms with E-state index in [1.54, 1.807) is 0 Å². The number of likely N-dealkylation sites (N-methyl/N-ethyl adjacent to an activating group) is 1. The predicted molar refractivity (Wildman–Crippen MR) is 63.8 cm³/mol. The van der Waals surface area contributed by atoms with Crippen molar-refractivity contribution in [1.29, 1.82) is 0 Å². The Morgan fingerprint density at radius 1 is 1.53 bits per heavy atom. The van der Waals surface area contributed by atoms with Crippen LogP contribution in [0.25, 0.3) is 0 Å². The molecule has 1 atom stereocenters. The summed E-state index contributed by atoms with van der Waals surface area (Å²) >= 11 is 0. The van der Waals surface area contributed by atoms with Crippen LogP contribution in [-0.4, -0.2) is 18.5 Å². The largest absolute Gasteiger partial charge is 0.295 e. The van der Waals surface area contributed by atoms with Crippen molar-refractivity contribution in [3.05, 3.63) is 53.8 Å². The standard InChI is InChI=1S/C14H17N/c1-3-4-11-15(2)14-10-9-12-7-5-6-8-13(12)14/h4-8,14H,1,9-11H2,2H3/t14-/m0/s1. The Hall–Kier alpha value is -1.30. The molecule has 0 heterocycles. The van der Waals surface area contributed by atoms with Crippen LogP contribution in [0.4, 0.5) is 0 Å². The average molecular weight is 199 g/mol. The molecular weight excluding hydrogens is 182 g/mol. The molecule has 0 fully saturated rings. The van der Waals surface area contributed by atoms with Gasteiger partial charge in [0.15, 0.2) is 0 Å². The van der Waals surface area contributed by atoms with E-state index < -0.39 is 0 Å². The highest BCUT2D eigenvalue weighted by atomic mass is 15.1. The first-order chi connectivity index (χ1) is 7.33. The van der Waals surface area contributed by atoms with Crippen LogP contribution in [0.2, 0.25) is 0 Å². The van der Waals surface area contributed by atoms with Crippen molar-refractivity contribution in [2.45, 2.75) is 18.9 Å². The zero-order valence-electron chi connectivity index (χ0n) is 9.24. The number of benzene rings is 1. The van der Waals surface area contributed by atoms with E-state index in [-0.39, 0.29) is 0 Å². The van der Waals surface area contributed by atoms with E-state index in [0.29, 0.717) is 6.04 Å². The third kappa shape index (κ3) is 2.04. The topological polar surface area (TPSA) is 3.24 Å². The first-order valence-corrected chi connectivity index (χ1v) is 5.45. The SMILES string of the molecule is C=C=CCN(C)[C@H]1CCc2ccccc21. The van der Waals surface area contributed by atoms with Crippen molar-refractivity contribution in [3.63, 3.8) is 0 Å². The molecule has 0 spiro atoms. The lowest BCUT2D eigenvalue weighted by Gasteiger charge is -2.23. The van der Waals surface area contributed by atoms with Gasteiger partial charge in [0, 0.05) is 12.6 Å². The molecule has 78 valence electrons. The van der Waals surface area contributed by atoms with Crippen molar-refractivity contribution in [1.82, 2.24) is 4.90 Å². The summed E-state index contributed by atoms with van der Waals surface area (Å²) in [6.07, 6.45) is 4.44. The molecule has 1 aliphatic rings. The maximum Gasteiger partial charge on any atom is 0.0354 e. The first kappa shape index (κ1) is 10.2. The molecule has 0 saturated carbocycles. The summed E-state index contributed by atoms with van der Waals surface area (Å²) in [5, 5.41) is 0. The number of rotatable bonds is 3. The number of fused-ring (bicyclic) bond motifs is 1. The van der Waals surface area contributed by atoms with Gasteiger partial charge >= 0.3 is 0 Å². The van der Waals surface area contributed by atoms with Gasteiger partial charge in [-0.05, 0) is 37.1 Å². The van der Waals surface area contributed by atoms with Gasteiger partial charge in [0.2, 0.25) is 0 Å². The molecule has 1 nitrogen and oxygen atoms in total. The number of aryl methyl sites for hydroxylation is 1. The number of hydrogen-bond acceptors (Lipinski definition) is 1. The second-order valence-corrected chi connectivity index (χ2v) is 4.10. The van der Waals surface area contributed by atoms with Crippen molar-refractivity contribution in [3.8, 4) is 0 Å². The summed E-state index contributed by atoms with van der Waals surface area (Å²) in [7, 11) is 2.17. The van der Waals surface area contributed by atoms with Gasteiger partial charge in [0.05, 0.1) is 0 Å². The highest BCUT2D eigenvalue weighted by Crippen LogP contribution is 2.34. The molecule has 2 rings (SSSR count). The third-order valence-electron chi connectivity index (χ3n) is 3.16. The molecule has 1 aliphatic carbocycles. The van der Waals surface area contributed by atoms with Gasteiger partial charge < -0.3 is 0 Å². The highest BCUT2D eigenvalue weighted by Gasteiger charge is 2.24. The zero-order valence-corrected chi connectivity index (χ0v) is 9.24. The minimum Gasteiger partial charge on any atom is -0.295 e. The summed E-state index contributed by atoms with van der Waals surface area (Å²) in [5.74, 6) is 0. The molecule has 1 heteroatoms. The monoisotopic (exact) mass is 199 g/mol. The first-order valence-electron chi connectivity index (χ1n) is 5.45.